The summed E-state index contributed by atoms with van der Waals surface area (Å²) in [6.07, 6.45) is 2.41. The van der Waals surface area contributed by atoms with Gasteiger partial charge >= 0.3 is 5.97 Å². The van der Waals surface area contributed by atoms with Crippen LogP contribution in [0.15, 0.2) is 18.2 Å². The van der Waals surface area contributed by atoms with Gasteiger partial charge in [0.2, 0.25) is 0 Å². The van der Waals surface area contributed by atoms with Gasteiger partial charge in [-0.05, 0) is 49.8 Å². The Balaban J connectivity index is 2.28. The van der Waals surface area contributed by atoms with Gasteiger partial charge in [0, 0.05) is 12.1 Å². The molecule has 1 aromatic rings. The zero-order chi connectivity index (χ0) is 15.6. The van der Waals surface area contributed by atoms with Crippen LogP contribution in [0, 0.1) is 19.8 Å². The molecule has 2 unspecified atom stereocenters. The minimum absolute atomic E-state index is 0.154. The third kappa shape index (κ3) is 3.09. The Bertz CT molecular complexity index is 553. The molecule has 4 nitrogen and oxygen atoms in total. The number of aryl methyl sites for hydroxylation is 1. The number of aliphatic carboxylic acids is 1. The van der Waals surface area contributed by atoms with Crippen LogP contribution < -0.4 is 0 Å². The third-order valence-electron chi connectivity index (χ3n) is 4.67. The number of carbonyl (C=O) groups is 2. The predicted octanol–water partition coefficient (Wildman–Crippen LogP) is 3.02. The Morgan fingerprint density at radius 3 is 2.67 bits per heavy atom. The zero-order valence-corrected chi connectivity index (χ0v) is 12.9. The summed E-state index contributed by atoms with van der Waals surface area (Å²) in [7, 11) is 0. The predicted molar refractivity (Wildman–Crippen MR) is 81.4 cm³/mol. The molecule has 4 heteroatoms. The lowest BCUT2D eigenvalue weighted by atomic mass is 9.88. The molecule has 114 valence electrons. The van der Waals surface area contributed by atoms with Crippen molar-refractivity contribution in [2.75, 3.05) is 6.54 Å². The van der Waals surface area contributed by atoms with Crippen LogP contribution in [0.25, 0.3) is 0 Å². The summed E-state index contributed by atoms with van der Waals surface area (Å²) in [5, 5.41) is 9.45. The first-order chi connectivity index (χ1) is 9.95. The molecule has 1 amide bonds. The summed E-state index contributed by atoms with van der Waals surface area (Å²) in [6, 6.07) is 4.90. The van der Waals surface area contributed by atoms with E-state index in [1.54, 1.807) is 6.07 Å². The lowest BCUT2D eigenvalue weighted by Crippen LogP contribution is -2.50. The summed E-state index contributed by atoms with van der Waals surface area (Å²) < 4.78 is 0. The minimum Gasteiger partial charge on any atom is -0.480 e. The van der Waals surface area contributed by atoms with Crippen LogP contribution >= 0.6 is 0 Å². The number of carboxylic acids is 1. The van der Waals surface area contributed by atoms with E-state index >= 15 is 0 Å². The van der Waals surface area contributed by atoms with Crippen LogP contribution in [-0.2, 0) is 4.79 Å². The SMILES string of the molecule is CCC1CCN(C(=O)c2cccc(C)c2C)C(C(=O)O)C1. The highest BCUT2D eigenvalue weighted by molar-refractivity contribution is 5.98. The van der Waals surface area contributed by atoms with Crippen LogP contribution in [0.2, 0.25) is 0 Å². The number of carbonyl (C=O) groups excluding carboxylic acids is 1. The normalized spacial score (nSPS) is 22.1. The van der Waals surface area contributed by atoms with Crippen molar-refractivity contribution in [3.8, 4) is 0 Å². The van der Waals surface area contributed by atoms with E-state index in [9.17, 15) is 14.7 Å². The number of likely N-dealkylation sites (tertiary alicyclic amines) is 1. The summed E-state index contributed by atoms with van der Waals surface area (Å²) in [5.74, 6) is -0.654. The van der Waals surface area contributed by atoms with Crippen molar-refractivity contribution in [2.24, 2.45) is 5.92 Å². The van der Waals surface area contributed by atoms with Crippen molar-refractivity contribution in [1.29, 1.82) is 0 Å². The Kier molecular flexibility index (Phi) is 4.66. The molecule has 1 N–H and O–H groups in total. The number of hydrogen-bond donors (Lipinski definition) is 1. The third-order valence-corrected chi connectivity index (χ3v) is 4.67. The number of rotatable bonds is 3. The quantitative estimate of drug-likeness (QED) is 0.930. The topological polar surface area (TPSA) is 57.6 Å². The van der Waals surface area contributed by atoms with Crippen molar-refractivity contribution >= 4 is 11.9 Å². The van der Waals surface area contributed by atoms with E-state index < -0.39 is 12.0 Å². The molecule has 0 aromatic heterocycles. The maximum atomic E-state index is 12.7. The molecule has 0 bridgehead atoms. The van der Waals surface area contributed by atoms with Gasteiger partial charge < -0.3 is 10.0 Å². The molecule has 0 saturated carbocycles. The standard InChI is InChI=1S/C17H23NO3/c1-4-13-8-9-18(15(10-13)17(20)21)16(19)14-7-5-6-11(2)12(14)3/h5-7,13,15H,4,8-10H2,1-3H3,(H,20,21). The van der Waals surface area contributed by atoms with Crippen molar-refractivity contribution < 1.29 is 14.7 Å². The Labute approximate surface area is 125 Å². The fraction of sp³-hybridized carbons (Fsp3) is 0.529. The van der Waals surface area contributed by atoms with Gasteiger partial charge in [-0.3, -0.25) is 4.79 Å². The van der Waals surface area contributed by atoms with Crippen LogP contribution in [0.1, 0.15) is 47.7 Å². The molecule has 21 heavy (non-hydrogen) atoms. The molecule has 0 radical (unpaired) electrons. The second-order valence-corrected chi connectivity index (χ2v) is 5.90. The molecule has 1 heterocycles. The Hall–Kier alpha value is -1.84. The largest absolute Gasteiger partial charge is 0.480 e. The molecule has 1 fully saturated rings. The van der Waals surface area contributed by atoms with E-state index in [0.717, 1.165) is 24.0 Å². The highest BCUT2D eigenvalue weighted by atomic mass is 16.4. The van der Waals surface area contributed by atoms with E-state index in [1.807, 2.05) is 26.0 Å². The average Bonchev–Trinajstić information content (AvgIpc) is 2.48. The number of hydrogen-bond acceptors (Lipinski definition) is 2. The number of carboxylic acid groups (broad SMARTS) is 1. The first kappa shape index (κ1) is 15.5. The summed E-state index contributed by atoms with van der Waals surface area (Å²) in [6.45, 7) is 6.48. The minimum atomic E-state index is -0.896. The molecule has 0 spiro atoms. The highest BCUT2D eigenvalue weighted by Crippen LogP contribution is 2.27. The fourth-order valence-electron chi connectivity index (χ4n) is 3.02. The molecular formula is C17H23NO3. The van der Waals surface area contributed by atoms with E-state index in [-0.39, 0.29) is 5.91 Å². The first-order valence-corrected chi connectivity index (χ1v) is 7.55. The van der Waals surface area contributed by atoms with E-state index in [2.05, 4.69) is 6.92 Å². The van der Waals surface area contributed by atoms with Crippen LogP contribution in [0.4, 0.5) is 0 Å². The van der Waals surface area contributed by atoms with Gasteiger partial charge in [0.25, 0.3) is 5.91 Å². The molecular weight excluding hydrogens is 266 g/mol. The maximum Gasteiger partial charge on any atom is 0.326 e. The van der Waals surface area contributed by atoms with E-state index in [1.165, 1.54) is 4.90 Å². The van der Waals surface area contributed by atoms with Gasteiger partial charge in [-0.15, -0.1) is 0 Å². The Morgan fingerprint density at radius 1 is 1.33 bits per heavy atom. The first-order valence-electron chi connectivity index (χ1n) is 7.55. The number of piperidine rings is 1. The maximum absolute atomic E-state index is 12.7. The molecule has 1 aliphatic rings. The lowest BCUT2D eigenvalue weighted by molar-refractivity contribution is -0.144. The second-order valence-electron chi connectivity index (χ2n) is 5.90. The van der Waals surface area contributed by atoms with Crippen LogP contribution in [-0.4, -0.2) is 34.5 Å². The number of benzene rings is 1. The van der Waals surface area contributed by atoms with Gasteiger partial charge in [0.1, 0.15) is 6.04 Å². The van der Waals surface area contributed by atoms with Gasteiger partial charge in [-0.25, -0.2) is 4.79 Å². The van der Waals surface area contributed by atoms with Crippen LogP contribution in [0.5, 0.6) is 0 Å². The fourth-order valence-corrected chi connectivity index (χ4v) is 3.02. The summed E-state index contributed by atoms with van der Waals surface area (Å²) in [5.41, 5.74) is 2.61. The molecule has 2 atom stereocenters. The molecule has 0 aliphatic carbocycles. The van der Waals surface area contributed by atoms with E-state index in [0.29, 0.717) is 24.4 Å². The van der Waals surface area contributed by atoms with Crippen molar-refractivity contribution in [3.63, 3.8) is 0 Å². The van der Waals surface area contributed by atoms with Gasteiger partial charge in [0.05, 0.1) is 0 Å². The summed E-state index contributed by atoms with van der Waals surface area (Å²) in [4.78, 5) is 25.8. The average molecular weight is 289 g/mol. The number of amides is 1. The van der Waals surface area contributed by atoms with Gasteiger partial charge in [0.15, 0.2) is 0 Å². The van der Waals surface area contributed by atoms with Crippen molar-refractivity contribution in [2.45, 2.75) is 46.1 Å². The van der Waals surface area contributed by atoms with Gasteiger partial charge in [-0.1, -0.05) is 25.5 Å². The lowest BCUT2D eigenvalue weighted by Gasteiger charge is -2.37. The molecule has 2 rings (SSSR count). The molecule has 1 aliphatic heterocycles. The number of nitrogens with zero attached hydrogens (tertiary/aromatic N) is 1. The smallest absolute Gasteiger partial charge is 0.326 e. The van der Waals surface area contributed by atoms with Crippen molar-refractivity contribution in [1.82, 2.24) is 4.90 Å². The molecule has 1 aromatic carbocycles. The second kappa shape index (κ2) is 6.29. The Morgan fingerprint density at radius 2 is 2.05 bits per heavy atom. The molecule has 1 saturated heterocycles. The summed E-state index contributed by atoms with van der Waals surface area (Å²) >= 11 is 0. The monoisotopic (exact) mass is 289 g/mol. The highest BCUT2D eigenvalue weighted by Gasteiger charge is 2.36. The van der Waals surface area contributed by atoms with E-state index in [4.69, 9.17) is 0 Å². The van der Waals surface area contributed by atoms with Gasteiger partial charge in [-0.2, -0.15) is 0 Å². The zero-order valence-electron chi connectivity index (χ0n) is 12.9. The van der Waals surface area contributed by atoms with Crippen molar-refractivity contribution in [3.05, 3.63) is 34.9 Å². The van der Waals surface area contributed by atoms with Crippen LogP contribution in [0.3, 0.4) is 0 Å².